The summed E-state index contributed by atoms with van der Waals surface area (Å²) in [5, 5.41) is 12.8. The summed E-state index contributed by atoms with van der Waals surface area (Å²) in [5.74, 6) is -0.383. The maximum Gasteiger partial charge on any atom is 0.255 e. The number of hydrogen-bond acceptors (Lipinski definition) is 2. The molecule has 2 rings (SSSR count). The topological polar surface area (TPSA) is 49.3 Å². The fourth-order valence-electron chi connectivity index (χ4n) is 2.03. The van der Waals surface area contributed by atoms with E-state index >= 15 is 0 Å². The highest BCUT2D eigenvalue weighted by molar-refractivity contribution is 6.32. The Hall–Kier alpha value is -1.22. The number of rotatable bonds is 2. The van der Waals surface area contributed by atoms with Gasteiger partial charge < -0.3 is 10.4 Å². The zero-order valence-electron chi connectivity index (χ0n) is 8.87. The van der Waals surface area contributed by atoms with Crippen molar-refractivity contribution in [2.24, 2.45) is 0 Å². The highest BCUT2D eigenvalue weighted by atomic mass is 35.5. The number of para-hydroxylation sites is 1. The number of benzene rings is 1. The average Bonchev–Trinajstić information content (AvgIpc) is 2.74. The van der Waals surface area contributed by atoms with E-state index in [2.05, 4.69) is 5.32 Å². The van der Waals surface area contributed by atoms with E-state index in [4.69, 9.17) is 11.6 Å². The summed E-state index contributed by atoms with van der Waals surface area (Å²) in [5.41, 5.74) is 0.249. The second-order valence-corrected chi connectivity index (χ2v) is 4.50. The molecule has 0 radical (unpaired) electrons. The van der Waals surface area contributed by atoms with E-state index in [1.165, 1.54) is 0 Å². The molecule has 0 bridgehead atoms. The summed E-state index contributed by atoms with van der Waals surface area (Å²) < 4.78 is 0. The first-order chi connectivity index (χ1) is 7.68. The molecule has 0 aromatic heterocycles. The van der Waals surface area contributed by atoms with Crippen molar-refractivity contribution in [1.29, 1.82) is 0 Å². The lowest BCUT2D eigenvalue weighted by Crippen LogP contribution is -2.32. The molecule has 1 aliphatic rings. The normalized spacial score (nSPS) is 16.3. The molecule has 0 atom stereocenters. The van der Waals surface area contributed by atoms with Crippen molar-refractivity contribution in [3.8, 4) is 5.75 Å². The third-order valence-corrected chi connectivity index (χ3v) is 3.23. The highest BCUT2D eigenvalue weighted by Gasteiger charge is 2.20. The van der Waals surface area contributed by atoms with E-state index in [0.29, 0.717) is 0 Å². The Bertz CT molecular complexity index is 400. The van der Waals surface area contributed by atoms with E-state index in [0.717, 1.165) is 25.7 Å². The molecule has 1 fully saturated rings. The predicted octanol–water partition coefficient (Wildman–Crippen LogP) is 2.72. The van der Waals surface area contributed by atoms with Crippen molar-refractivity contribution in [3.05, 3.63) is 28.8 Å². The lowest BCUT2D eigenvalue weighted by atomic mass is 10.1. The smallest absolute Gasteiger partial charge is 0.255 e. The van der Waals surface area contributed by atoms with Gasteiger partial charge in [-0.1, -0.05) is 30.5 Å². The van der Waals surface area contributed by atoms with Crippen LogP contribution in [0.2, 0.25) is 5.02 Å². The van der Waals surface area contributed by atoms with E-state index in [1.807, 2.05) is 0 Å². The minimum atomic E-state index is -0.244. The monoisotopic (exact) mass is 239 g/mol. The lowest BCUT2D eigenvalue weighted by molar-refractivity contribution is 0.0935. The number of nitrogens with one attached hydrogen (secondary N) is 1. The van der Waals surface area contributed by atoms with Crippen LogP contribution >= 0.6 is 11.6 Å². The molecule has 1 aromatic rings. The Kier molecular flexibility index (Phi) is 3.34. The van der Waals surface area contributed by atoms with Crippen LogP contribution in [0.4, 0.5) is 0 Å². The molecule has 2 N–H and O–H groups in total. The van der Waals surface area contributed by atoms with Gasteiger partial charge in [0.05, 0.1) is 10.6 Å². The molecule has 3 nitrogen and oxygen atoms in total. The number of aromatic hydroxyl groups is 1. The van der Waals surface area contributed by atoms with Gasteiger partial charge in [0.1, 0.15) is 5.75 Å². The van der Waals surface area contributed by atoms with Gasteiger partial charge in [0.15, 0.2) is 0 Å². The van der Waals surface area contributed by atoms with E-state index in [-0.39, 0.29) is 28.3 Å². The standard InChI is InChI=1S/C12H14ClNO2/c13-10-7-3-6-9(11(10)15)12(16)14-8-4-1-2-5-8/h3,6-8,15H,1-2,4-5H2,(H,14,16). The Balaban J connectivity index is 2.11. The number of phenols is 1. The van der Waals surface area contributed by atoms with Gasteiger partial charge in [0.25, 0.3) is 5.91 Å². The summed E-state index contributed by atoms with van der Waals surface area (Å²) >= 11 is 5.74. The number of amides is 1. The first kappa shape index (κ1) is 11.3. The van der Waals surface area contributed by atoms with Crippen LogP contribution in [-0.2, 0) is 0 Å². The van der Waals surface area contributed by atoms with Crippen molar-refractivity contribution in [1.82, 2.24) is 5.32 Å². The van der Waals surface area contributed by atoms with Crippen LogP contribution in [0.15, 0.2) is 18.2 Å². The van der Waals surface area contributed by atoms with Gasteiger partial charge in [-0.3, -0.25) is 4.79 Å². The summed E-state index contributed by atoms with van der Waals surface area (Å²) in [6, 6.07) is 5.03. The maximum atomic E-state index is 11.8. The molecular weight excluding hydrogens is 226 g/mol. The predicted molar refractivity (Wildman–Crippen MR) is 62.8 cm³/mol. The second-order valence-electron chi connectivity index (χ2n) is 4.09. The summed E-state index contributed by atoms with van der Waals surface area (Å²) in [7, 11) is 0. The SMILES string of the molecule is O=C(NC1CCCC1)c1cccc(Cl)c1O. The average molecular weight is 240 g/mol. The molecule has 1 amide bonds. The van der Waals surface area contributed by atoms with E-state index in [1.54, 1.807) is 18.2 Å². The molecule has 86 valence electrons. The Morgan fingerprint density at radius 1 is 1.38 bits per heavy atom. The maximum absolute atomic E-state index is 11.8. The van der Waals surface area contributed by atoms with Crippen molar-refractivity contribution in [2.45, 2.75) is 31.7 Å². The van der Waals surface area contributed by atoms with Crippen LogP contribution in [0.5, 0.6) is 5.75 Å². The van der Waals surface area contributed by atoms with E-state index < -0.39 is 0 Å². The molecule has 4 heteroatoms. The number of hydrogen-bond donors (Lipinski definition) is 2. The minimum Gasteiger partial charge on any atom is -0.506 e. The van der Waals surface area contributed by atoms with Crippen LogP contribution in [0.25, 0.3) is 0 Å². The molecule has 0 unspecified atom stereocenters. The van der Waals surface area contributed by atoms with Crippen LogP contribution in [0.3, 0.4) is 0 Å². The van der Waals surface area contributed by atoms with Crippen molar-refractivity contribution >= 4 is 17.5 Å². The molecular formula is C12H14ClNO2. The molecule has 0 saturated heterocycles. The van der Waals surface area contributed by atoms with Crippen LogP contribution < -0.4 is 5.32 Å². The van der Waals surface area contributed by atoms with Crippen LogP contribution in [0.1, 0.15) is 36.0 Å². The Morgan fingerprint density at radius 2 is 2.06 bits per heavy atom. The molecule has 0 aliphatic heterocycles. The van der Waals surface area contributed by atoms with Crippen molar-refractivity contribution < 1.29 is 9.90 Å². The van der Waals surface area contributed by atoms with E-state index in [9.17, 15) is 9.90 Å². The van der Waals surface area contributed by atoms with Crippen LogP contribution in [0, 0.1) is 0 Å². The summed E-state index contributed by atoms with van der Waals surface area (Å²) in [6.45, 7) is 0. The quantitative estimate of drug-likeness (QED) is 0.834. The minimum absolute atomic E-state index is 0.139. The molecule has 1 saturated carbocycles. The zero-order chi connectivity index (χ0) is 11.5. The van der Waals surface area contributed by atoms with Gasteiger partial charge in [0, 0.05) is 6.04 Å². The number of carbonyl (C=O) groups is 1. The first-order valence-electron chi connectivity index (χ1n) is 5.47. The fourth-order valence-corrected chi connectivity index (χ4v) is 2.21. The highest BCUT2D eigenvalue weighted by Crippen LogP contribution is 2.27. The number of phenolic OH excluding ortho intramolecular Hbond substituents is 1. The molecule has 1 aromatic carbocycles. The Labute approximate surface area is 99.4 Å². The lowest BCUT2D eigenvalue weighted by Gasteiger charge is -2.12. The third kappa shape index (κ3) is 2.30. The summed E-state index contributed by atoms with van der Waals surface area (Å²) in [4.78, 5) is 11.8. The second kappa shape index (κ2) is 4.74. The molecule has 1 aliphatic carbocycles. The number of carbonyl (C=O) groups excluding carboxylic acids is 1. The molecule has 0 spiro atoms. The molecule has 16 heavy (non-hydrogen) atoms. The third-order valence-electron chi connectivity index (χ3n) is 2.92. The van der Waals surface area contributed by atoms with Gasteiger partial charge in [-0.15, -0.1) is 0 Å². The van der Waals surface area contributed by atoms with Gasteiger partial charge in [-0.05, 0) is 25.0 Å². The first-order valence-corrected chi connectivity index (χ1v) is 5.84. The van der Waals surface area contributed by atoms with Gasteiger partial charge in [-0.25, -0.2) is 0 Å². The van der Waals surface area contributed by atoms with Gasteiger partial charge in [-0.2, -0.15) is 0 Å². The number of halogens is 1. The summed E-state index contributed by atoms with van der Waals surface area (Å²) in [6.07, 6.45) is 4.36. The zero-order valence-corrected chi connectivity index (χ0v) is 9.63. The van der Waals surface area contributed by atoms with Crippen molar-refractivity contribution in [3.63, 3.8) is 0 Å². The van der Waals surface area contributed by atoms with Gasteiger partial charge in [0.2, 0.25) is 0 Å². The Morgan fingerprint density at radius 3 is 2.75 bits per heavy atom. The van der Waals surface area contributed by atoms with Gasteiger partial charge >= 0.3 is 0 Å². The van der Waals surface area contributed by atoms with Crippen molar-refractivity contribution in [2.75, 3.05) is 0 Å². The largest absolute Gasteiger partial charge is 0.506 e. The van der Waals surface area contributed by atoms with Crippen LogP contribution in [-0.4, -0.2) is 17.1 Å². The fraction of sp³-hybridized carbons (Fsp3) is 0.417. The molecule has 0 heterocycles.